The summed E-state index contributed by atoms with van der Waals surface area (Å²) in [4.78, 5) is 72.9. The maximum atomic E-state index is 15.0. The molecule has 2 saturated heterocycles. The van der Waals surface area contributed by atoms with Crippen molar-refractivity contribution in [2.24, 2.45) is 11.0 Å². The predicted molar refractivity (Wildman–Crippen MR) is 259 cm³/mol. The van der Waals surface area contributed by atoms with Crippen molar-refractivity contribution in [3.63, 3.8) is 0 Å². The highest BCUT2D eigenvalue weighted by Crippen LogP contribution is 2.47. The number of nitrogens with zero attached hydrogens (tertiary/aromatic N) is 5. The number of carbonyl (C=O) groups is 5. The molecule has 7 rings (SSSR count). The lowest BCUT2D eigenvalue weighted by atomic mass is 10.0. The van der Waals surface area contributed by atoms with Crippen molar-refractivity contribution in [2.75, 3.05) is 62.7 Å². The van der Waals surface area contributed by atoms with Crippen LogP contribution in [0.2, 0.25) is 0 Å². The zero-order valence-electron chi connectivity index (χ0n) is 38.3. The molecule has 4 aliphatic rings. The Hall–Kier alpha value is -5.25. The number of pyridine rings is 1. The zero-order valence-corrected chi connectivity index (χ0v) is 40.7. The van der Waals surface area contributed by atoms with Gasteiger partial charge in [0.25, 0.3) is 0 Å². The van der Waals surface area contributed by atoms with Crippen LogP contribution in [0.5, 0.6) is 5.75 Å². The van der Waals surface area contributed by atoms with Crippen molar-refractivity contribution in [3.8, 4) is 5.75 Å². The molecule has 17 nitrogen and oxygen atoms in total. The van der Waals surface area contributed by atoms with Crippen LogP contribution in [0.1, 0.15) is 87.8 Å². The normalized spacial score (nSPS) is 20.0. The molecule has 3 aliphatic heterocycles. The molecule has 0 radical (unpaired) electrons. The maximum absolute atomic E-state index is 15.0. The molecule has 3 aromatic rings. The standard InChI is InChI=1S/C47H59FN8O9S3/c1-47(2,28-42(57)53-52-40-14-24-68(63,64)41-26-35(9-10-36(40)41)65-22-4-6-44(59)60)67-66-23-13-43(58)55-20-18-54(19-21-55)34-11-16-56(17-12-34)46(62)50-30-32-7-8-33(25-39(32)48)51-45(61)38-27-37(38)31-5-3-15-49-29-31/h3,5,7-10,15,25-26,29,34,37-38H,4,6,11-14,16-24,27-28,30H2,1-2H3,(H,50,62)(H,51,61)(H,53,57)(H,59,60)/b52-40+. The van der Waals surface area contributed by atoms with Crippen LogP contribution < -0.4 is 20.8 Å². The number of likely N-dealkylation sites (tertiary alicyclic amines) is 1. The Labute approximate surface area is 404 Å². The third-order valence-corrected chi connectivity index (χ3v) is 17.6. The van der Waals surface area contributed by atoms with E-state index in [9.17, 15) is 32.4 Å². The van der Waals surface area contributed by atoms with E-state index in [4.69, 9.17) is 9.84 Å². The van der Waals surface area contributed by atoms with Crippen LogP contribution in [0.15, 0.2) is 70.9 Å². The molecule has 21 heteroatoms. The van der Waals surface area contributed by atoms with Crippen LogP contribution in [0.4, 0.5) is 14.9 Å². The van der Waals surface area contributed by atoms with Crippen molar-refractivity contribution < 1.29 is 46.6 Å². The molecular weight excluding hydrogens is 936 g/mol. The lowest BCUT2D eigenvalue weighted by Gasteiger charge is -2.42. The maximum Gasteiger partial charge on any atom is 0.317 e. The van der Waals surface area contributed by atoms with E-state index in [1.165, 1.54) is 33.7 Å². The Bertz CT molecular complexity index is 2470. The van der Waals surface area contributed by atoms with E-state index in [0.717, 1.165) is 37.9 Å². The molecule has 366 valence electrons. The second kappa shape index (κ2) is 22.9. The average Bonchev–Trinajstić information content (AvgIpc) is 4.13. The first-order valence-electron chi connectivity index (χ1n) is 23.0. The van der Waals surface area contributed by atoms with Crippen LogP contribution in [-0.4, -0.2) is 137 Å². The third kappa shape index (κ3) is 13.9. The first kappa shape index (κ1) is 50.6. The summed E-state index contributed by atoms with van der Waals surface area (Å²) in [7, 11) is -0.532. The van der Waals surface area contributed by atoms with Gasteiger partial charge in [-0.3, -0.25) is 29.1 Å². The second-order valence-electron chi connectivity index (χ2n) is 18.1. The van der Waals surface area contributed by atoms with Gasteiger partial charge >= 0.3 is 12.0 Å². The summed E-state index contributed by atoms with van der Waals surface area (Å²) < 4.78 is 45.8. The lowest BCUT2D eigenvalue weighted by Crippen LogP contribution is -2.55. The van der Waals surface area contributed by atoms with Crippen molar-refractivity contribution in [2.45, 2.75) is 93.4 Å². The molecule has 5 amide bonds. The van der Waals surface area contributed by atoms with Gasteiger partial charge in [-0.15, -0.1) is 0 Å². The molecule has 2 aromatic carbocycles. The lowest BCUT2D eigenvalue weighted by molar-refractivity contribution is -0.137. The minimum absolute atomic E-state index is 0.0270. The zero-order chi connectivity index (χ0) is 48.4. The number of carbonyl (C=O) groups excluding carboxylic acids is 4. The summed E-state index contributed by atoms with van der Waals surface area (Å²) in [5.74, 6) is -1.15. The van der Waals surface area contributed by atoms with Crippen LogP contribution in [0.25, 0.3) is 0 Å². The second-order valence-corrected chi connectivity index (χ2v) is 23.3. The van der Waals surface area contributed by atoms with Crippen LogP contribution in [0.3, 0.4) is 0 Å². The van der Waals surface area contributed by atoms with Gasteiger partial charge in [0.15, 0.2) is 9.84 Å². The fourth-order valence-electron chi connectivity index (χ4n) is 8.67. The van der Waals surface area contributed by atoms with Gasteiger partial charge in [-0.1, -0.05) is 33.7 Å². The molecule has 2 unspecified atom stereocenters. The number of hydrazone groups is 1. The molecule has 0 bridgehead atoms. The minimum Gasteiger partial charge on any atom is -0.494 e. The first-order chi connectivity index (χ1) is 32.5. The van der Waals surface area contributed by atoms with Crippen LogP contribution >= 0.6 is 21.6 Å². The van der Waals surface area contributed by atoms with Gasteiger partial charge in [0.05, 0.1) is 23.0 Å². The van der Waals surface area contributed by atoms with E-state index in [1.807, 2.05) is 30.9 Å². The summed E-state index contributed by atoms with van der Waals surface area (Å²) in [5, 5.41) is 18.8. The largest absolute Gasteiger partial charge is 0.494 e. The number of aliphatic carboxylic acids is 1. The van der Waals surface area contributed by atoms with E-state index >= 15 is 4.39 Å². The van der Waals surface area contributed by atoms with Gasteiger partial charge in [0, 0.05) is 123 Å². The quantitative estimate of drug-likeness (QED) is 0.0648. The number of carboxylic acids is 1. The number of piperidine rings is 1. The number of piperazine rings is 1. The minimum atomic E-state index is -3.59. The number of hydrogen-bond acceptors (Lipinski definition) is 13. The number of nitrogens with one attached hydrogen (secondary N) is 3. The highest BCUT2D eigenvalue weighted by molar-refractivity contribution is 8.77. The number of ether oxygens (including phenoxy) is 1. The topological polar surface area (TPSA) is 220 Å². The number of anilines is 1. The molecule has 4 heterocycles. The van der Waals surface area contributed by atoms with Crippen molar-refractivity contribution in [1.29, 1.82) is 0 Å². The van der Waals surface area contributed by atoms with E-state index in [0.29, 0.717) is 72.7 Å². The number of aromatic nitrogens is 1. The molecule has 1 aromatic heterocycles. The number of benzene rings is 2. The summed E-state index contributed by atoms with van der Waals surface area (Å²) >= 11 is 0. The highest BCUT2D eigenvalue weighted by Gasteiger charge is 2.44. The van der Waals surface area contributed by atoms with Gasteiger partial charge in [-0.2, -0.15) is 5.10 Å². The van der Waals surface area contributed by atoms with Crippen LogP contribution in [-0.2, 0) is 35.6 Å². The van der Waals surface area contributed by atoms with Crippen molar-refractivity contribution in [1.82, 2.24) is 30.4 Å². The number of rotatable bonds is 19. The smallest absolute Gasteiger partial charge is 0.317 e. The molecule has 4 N–H and O–H groups in total. The van der Waals surface area contributed by atoms with Crippen LogP contribution in [0, 0.1) is 11.7 Å². The Morgan fingerprint density at radius 2 is 1.76 bits per heavy atom. The van der Waals surface area contributed by atoms with Gasteiger partial charge < -0.3 is 30.3 Å². The van der Waals surface area contributed by atoms with E-state index in [2.05, 4.69) is 31.0 Å². The van der Waals surface area contributed by atoms with Gasteiger partial charge in [0.2, 0.25) is 17.7 Å². The molecule has 68 heavy (non-hydrogen) atoms. The fraction of sp³-hybridized carbons (Fsp3) is 0.511. The Morgan fingerprint density at radius 1 is 0.985 bits per heavy atom. The average molecular weight is 995 g/mol. The molecule has 3 fully saturated rings. The Morgan fingerprint density at radius 3 is 2.49 bits per heavy atom. The van der Waals surface area contributed by atoms with Gasteiger partial charge in [-0.25, -0.2) is 23.0 Å². The number of hydrogen-bond donors (Lipinski definition) is 4. The molecule has 0 spiro atoms. The Kier molecular flexibility index (Phi) is 17.1. The van der Waals surface area contributed by atoms with E-state index in [1.54, 1.807) is 41.6 Å². The summed E-state index contributed by atoms with van der Waals surface area (Å²) in [6, 6.07) is 13.0. The van der Waals surface area contributed by atoms with E-state index in [-0.39, 0.29) is 85.1 Å². The summed E-state index contributed by atoms with van der Waals surface area (Å²) in [6.07, 6.45) is 6.67. The Balaban J connectivity index is 0.753. The van der Waals surface area contributed by atoms with Gasteiger partial charge in [0.1, 0.15) is 11.6 Å². The number of sulfone groups is 1. The van der Waals surface area contributed by atoms with Gasteiger partial charge in [-0.05, 0) is 87.4 Å². The number of urea groups is 1. The first-order valence-corrected chi connectivity index (χ1v) is 26.9. The predicted octanol–water partition coefficient (Wildman–Crippen LogP) is 5.66. The van der Waals surface area contributed by atoms with Crippen molar-refractivity contribution >= 4 is 72.5 Å². The third-order valence-electron chi connectivity index (χ3n) is 12.5. The SMILES string of the molecule is CC(C)(CC(=O)N/N=C1\CCS(=O)(=O)c2cc(OCCCC(=O)O)ccc21)SSCCC(=O)N1CCN(C2CCN(C(=O)NCc3ccc(NC(=O)C4CC4c4cccnc4)cc3F)CC2)CC1. The molecular formula is C47H59FN8O9S3. The number of amides is 5. The van der Waals surface area contributed by atoms with E-state index < -0.39 is 26.4 Å². The summed E-state index contributed by atoms with van der Waals surface area (Å²) in [6.45, 7) is 7.96. The molecule has 1 aliphatic carbocycles. The fourth-order valence-corrected chi connectivity index (χ4v) is 12.7. The molecule has 2 atom stereocenters. The highest BCUT2D eigenvalue weighted by atomic mass is 33.1. The molecule has 1 saturated carbocycles. The van der Waals surface area contributed by atoms with Crippen molar-refractivity contribution in [3.05, 3.63) is 83.4 Å². The number of halogens is 1. The monoisotopic (exact) mass is 994 g/mol. The summed E-state index contributed by atoms with van der Waals surface area (Å²) in [5.41, 5.74) is 5.15. The number of fused-ring (bicyclic) bond motifs is 1. The number of carboxylic acid groups (broad SMARTS) is 1.